The van der Waals surface area contributed by atoms with Gasteiger partial charge in [-0.05, 0) is 19.9 Å². The molecule has 0 bridgehead atoms. The summed E-state index contributed by atoms with van der Waals surface area (Å²) >= 11 is 0. The maximum Gasteiger partial charge on any atom is 0.313 e. The van der Waals surface area contributed by atoms with Gasteiger partial charge < -0.3 is 9.84 Å². The number of halogens is 1. The van der Waals surface area contributed by atoms with Crippen molar-refractivity contribution in [3.63, 3.8) is 0 Å². The number of rotatable bonds is 3. The first-order valence-corrected chi connectivity index (χ1v) is 4.71. The second-order valence-corrected chi connectivity index (χ2v) is 3.18. The second kappa shape index (κ2) is 4.77. The molecule has 0 saturated heterocycles. The van der Waals surface area contributed by atoms with Crippen LogP contribution in [0, 0.1) is 5.82 Å². The van der Waals surface area contributed by atoms with Crippen LogP contribution in [0.1, 0.15) is 25.3 Å². The minimum atomic E-state index is -0.662. The molecule has 4 heteroatoms. The largest absolute Gasteiger partial charge is 0.508 e. The zero-order valence-electron chi connectivity index (χ0n) is 8.66. The molecule has 1 atom stereocenters. The fourth-order valence-electron chi connectivity index (χ4n) is 1.26. The number of ether oxygens (including phenoxy) is 1. The van der Waals surface area contributed by atoms with Gasteiger partial charge in [-0.1, -0.05) is 6.07 Å². The third-order valence-corrected chi connectivity index (χ3v) is 2.09. The highest BCUT2D eigenvalue weighted by Gasteiger charge is 2.19. The molecule has 1 aromatic carbocycles. The van der Waals surface area contributed by atoms with Gasteiger partial charge in [0.25, 0.3) is 0 Å². The van der Waals surface area contributed by atoms with E-state index in [1.165, 1.54) is 12.1 Å². The van der Waals surface area contributed by atoms with Gasteiger partial charge in [0, 0.05) is 11.6 Å². The smallest absolute Gasteiger partial charge is 0.313 e. The normalized spacial score (nSPS) is 12.2. The molecule has 0 aliphatic carbocycles. The molecule has 0 aromatic heterocycles. The molecule has 1 rings (SSSR count). The van der Waals surface area contributed by atoms with E-state index in [0.717, 1.165) is 6.07 Å². The lowest BCUT2D eigenvalue weighted by atomic mass is 10.0. The van der Waals surface area contributed by atoms with Gasteiger partial charge in [0.2, 0.25) is 0 Å². The zero-order valence-corrected chi connectivity index (χ0v) is 8.66. The third kappa shape index (κ3) is 2.68. The summed E-state index contributed by atoms with van der Waals surface area (Å²) in [7, 11) is 0. The Kier molecular flexibility index (Phi) is 3.66. The molecular formula is C11H13FO3. The van der Waals surface area contributed by atoms with Gasteiger partial charge in [0.15, 0.2) is 0 Å². The number of hydrogen-bond donors (Lipinski definition) is 1. The molecule has 1 N–H and O–H groups in total. The number of aromatic hydroxyl groups is 1. The van der Waals surface area contributed by atoms with Crippen LogP contribution in [0.5, 0.6) is 5.75 Å². The zero-order chi connectivity index (χ0) is 11.4. The van der Waals surface area contributed by atoms with Gasteiger partial charge in [-0.3, -0.25) is 4.79 Å². The lowest BCUT2D eigenvalue weighted by molar-refractivity contribution is -0.144. The molecular weight excluding hydrogens is 199 g/mol. The Balaban J connectivity index is 2.91. The van der Waals surface area contributed by atoms with Crippen LogP contribution in [-0.2, 0) is 9.53 Å². The summed E-state index contributed by atoms with van der Waals surface area (Å²) in [5.74, 6) is -1.89. The summed E-state index contributed by atoms with van der Waals surface area (Å²) in [5.41, 5.74) is 0.228. The molecule has 0 saturated carbocycles. The van der Waals surface area contributed by atoms with Gasteiger partial charge >= 0.3 is 5.97 Å². The fraction of sp³-hybridized carbons (Fsp3) is 0.364. The Morgan fingerprint density at radius 1 is 1.60 bits per heavy atom. The van der Waals surface area contributed by atoms with E-state index in [1.807, 2.05) is 0 Å². The minimum Gasteiger partial charge on any atom is -0.508 e. The number of phenols is 1. The molecule has 82 valence electrons. The molecule has 0 amide bonds. The Labute approximate surface area is 87.5 Å². The Bertz CT molecular complexity index is 363. The van der Waals surface area contributed by atoms with Crippen molar-refractivity contribution in [2.75, 3.05) is 6.61 Å². The monoisotopic (exact) mass is 212 g/mol. The number of esters is 1. The molecule has 0 radical (unpaired) electrons. The predicted molar refractivity (Wildman–Crippen MR) is 53.1 cm³/mol. The average molecular weight is 212 g/mol. The van der Waals surface area contributed by atoms with E-state index in [-0.39, 0.29) is 17.9 Å². The van der Waals surface area contributed by atoms with Crippen LogP contribution in [0.4, 0.5) is 4.39 Å². The van der Waals surface area contributed by atoms with E-state index >= 15 is 0 Å². The van der Waals surface area contributed by atoms with Crippen molar-refractivity contribution in [3.8, 4) is 5.75 Å². The molecule has 0 aliphatic heterocycles. The van der Waals surface area contributed by atoms with Crippen LogP contribution in [0.2, 0.25) is 0 Å². The maximum absolute atomic E-state index is 13.3. The highest BCUT2D eigenvalue weighted by Crippen LogP contribution is 2.23. The summed E-state index contributed by atoms with van der Waals surface area (Å²) in [6.45, 7) is 3.52. The summed E-state index contributed by atoms with van der Waals surface area (Å²) < 4.78 is 18.1. The third-order valence-electron chi connectivity index (χ3n) is 2.09. The molecule has 15 heavy (non-hydrogen) atoms. The first kappa shape index (κ1) is 11.5. The maximum atomic E-state index is 13.3. The van der Waals surface area contributed by atoms with E-state index in [4.69, 9.17) is 9.84 Å². The summed E-state index contributed by atoms with van der Waals surface area (Å²) in [6.07, 6.45) is 0. The van der Waals surface area contributed by atoms with Crippen LogP contribution in [0.3, 0.4) is 0 Å². The molecule has 3 nitrogen and oxygen atoms in total. The van der Waals surface area contributed by atoms with E-state index < -0.39 is 17.7 Å². The number of benzene rings is 1. The van der Waals surface area contributed by atoms with Crippen molar-refractivity contribution >= 4 is 5.97 Å². The van der Waals surface area contributed by atoms with Crippen LogP contribution in [0.25, 0.3) is 0 Å². The fourth-order valence-corrected chi connectivity index (χ4v) is 1.26. The van der Waals surface area contributed by atoms with E-state index in [0.29, 0.717) is 0 Å². The van der Waals surface area contributed by atoms with Gasteiger partial charge in [-0.2, -0.15) is 0 Å². The van der Waals surface area contributed by atoms with E-state index in [2.05, 4.69) is 0 Å². The van der Waals surface area contributed by atoms with Crippen LogP contribution in [-0.4, -0.2) is 17.7 Å². The Hall–Kier alpha value is -1.58. The van der Waals surface area contributed by atoms with Gasteiger partial charge in [0.1, 0.15) is 11.6 Å². The summed E-state index contributed by atoms with van der Waals surface area (Å²) in [5, 5.41) is 9.01. The van der Waals surface area contributed by atoms with Crippen LogP contribution >= 0.6 is 0 Å². The van der Waals surface area contributed by atoms with Crippen molar-refractivity contribution in [1.29, 1.82) is 0 Å². The highest BCUT2D eigenvalue weighted by atomic mass is 19.1. The summed E-state index contributed by atoms with van der Waals surface area (Å²) in [4.78, 5) is 11.3. The average Bonchev–Trinajstić information content (AvgIpc) is 2.17. The molecule has 1 aromatic rings. The first-order valence-electron chi connectivity index (χ1n) is 4.71. The lowest BCUT2D eigenvalue weighted by Crippen LogP contribution is -2.14. The van der Waals surface area contributed by atoms with Gasteiger partial charge in [-0.15, -0.1) is 0 Å². The van der Waals surface area contributed by atoms with Crippen molar-refractivity contribution < 1.29 is 19.0 Å². The van der Waals surface area contributed by atoms with Crippen molar-refractivity contribution in [3.05, 3.63) is 29.6 Å². The van der Waals surface area contributed by atoms with E-state index in [1.54, 1.807) is 13.8 Å². The highest BCUT2D eigenvalue weighted by molar-refractivity contribution is 5.77. The van der Waals surface area contributed by atoms with E-state index in [9.17, 15) is 9.18 Å². The first-order chi connectivity index (χ1) is 7.06. The van der Waals surface area contributed by atoms with Crippen molar-refractivity contribution in [2.45, 2.75) is 19.8 Å². The number of carbonyl (C=O) groups excluding carboxylic acids is 1. The number of carbonyl (C=O) groups is 1. The van der Waals surface area contributed by atoms with Gasteiger partial charge in [-0.25, -0.2) is 4.39 Å². The Morgan fingerprint density at radius 2 is 2.27 bits per heavy atom. The lowest BCUT2D eigenvalue weighted by Gasteiger charge is -2.11. The second-order valence-electron chi connectivity index (χ2n) is 3.18. The Morgan fingerprint density at radius 3 is 2.80 bits per heavy atom. The van der Waals surface area contributed by atoms with Crippen LogP contribution < -0.4 is 0 Å². The molecule has 0 aliphatic rings. The predicted octanol–water partition coefficient (Wildman–Crippen LogP) is 2.20. The van der Waals surface area contributed by atoms with Crippen molar-refractivity contribution in [1.82, 2.24) is 0 Å². The van der Waals surface area contributed by atoms with Crippen LogP contribution in [0.15, 0.2) is 18.2 Å². The minimum absolute atomic E-state index is 0.160. The topological polar surface area (TPSA) is 46.5 Å². The summed E-state index contributed by atoms with van der Waals surface area (Å²) in [6, 6.07) is 3.70. The molecule has 0 heterocycles. The quantitative estimate of drug-likeness (QED) is 0.781. The molecule has 0 spiro atoms. The number of hydrogen-bond acceptors (Lipinski definition) is 3. The molecule has 0 fully saturated rings. The standard InChI is InChI=1S/C11H13FO3/c1-3-15-11(14)7(2)9-5-4-8(13)6-10(9)12/h4-7,13H,3H2,1-2H3. The molecule has 1 unspecified atom stereocenters. The van der Waals surface area contributed by atoms with Crippen molar-refractivity contribution in [2.24, 2.45) is 0 Å². The van der Waals surface area contributed by atoms with Gasteiger partial charge in [0.05, 0.1) is 12.5 Å². The number of phenolic OH excluding ortho intramolecular Hbond substituents is 1. The SMILES string of the molecule is CCOC(=O)C(C)c1ccc(O)cc1F.